The second-order valence-corrected chi connectivity index (χ2v) is 4.20. The number of nitrogens with zero attached hydrogens (tertiary/aromatic N) is 1. The monoisotopic (exact) mass is 290 g/mol. The number of nitrogens with one attached hydrogen (secondary N) is 3. The first-order valence-corrected chi connectivity index (χ1v) is 6.45. The minimum atomic E-state index is -0.477. The second kappa shape index (κ2) is 6.67. The van der Waals surface area contributed by atoms with Gasteiger partial charge in [-0.05, 0) is 31.3 Å². The van der Waals surface area contributed by atoms with E-state index in [-0.39, 0.29) is 5.69 Å². The van der Waals surface area contributed by atoms with Crippen LogP contribution in [0.4, 0.5) is 11.5 Å². The highest BCUT2D eigenvalue weighted by Crippen LogP contribution is 2.12. The van der Waals surface area contributed by atoms with Gasteiger partial charge in [0.1, 0.15) is 0 Å². The number of H-pyrrole nitrogens is 1. The summed E-state index contributed by atoms with van der Waals surface area (Å²) in [6.07, 6.45) is 1.40. The average molecular weight is 290 g/mol. The molecule has 0 radical (unpaired) electrons. The van der Waals surface area contributed by atoms with E-state index in [0.29, 0.717) is 17.5 Å². The number of aromatic amines is 1. The fourth-order valence-corrected chi connectivity index (χ4v) is 1.75. The zero-order valence-corrected chi connectivity index (χ0v) is 11.7. The van der Waals surface area contributed by atoms with Crippen LogP contribution in [0.3, 0.4) is 0 Å². The number of thiocarbonyl (C=S) groups is 1. The van der Waals surface area contributed by atoms with Crippen molar-refractivity contribution in [1.29, 1.82) is 0 Å². The molecule has 2 aromatic rings. The Morgan fingerprint density at radius 2 is 2.10 bits per heavy atom. The van der Waals surface area contributed by atoms with E-state index in [1.807, 2.05) is 30.3 Å². The van der Waals surface area contributed by atoms with Crippen molar-refractivity contribution >= 4 is 34.8 Å². The van der Waals surface area contributed by atoms with Gasteiger partial charge < -0.3 is 20.4 Å². The van der Waals surface area contributed by atoms with Crippen molar-refractivity contribution in [2.45, 2.75) is 6.92 Å². The summed E-state index contributed by atoms with van der Waals surface area (Å²) in [5.74, 6) is -0.146. The quantitative estimate of drug-likeness (QED) is 0.593. The third-order valence-electron chi connectivity index (χ3n) is 2.38. The van der Waals surface area contributed by atoms with Crippen LogP contribution in [-0.2, 0) is 4.74 Å². The lowest BCUT2D eigenvalue weighted by atomic mass is 10.3. The average Bonchev–Trinajstić information content (AvgIpc) is 2.88. The molecule has 0 aliphatic rings. The van der Waals surface area contributed by atoms with Crippen LogP contribution in [0.1, 0.15) is 17.4 Å². The third-order valence-corrected chi connectivity index (χ3v) is 2.59. The maximum absolute atomic E-state index is 11.7. The fraction of sp³-hybridized carbons (Fsp3) is 0.154. The number of hydrogen-bond acceptors (Lipinski definition) is 4. The van der Waals surface area contributed by atoms with Crippen LogP contribution in [0, 0.1) is 0 Å². The first kappa shape index (κ1) is 14.0. The van der Waals surface area contributed by atoms with Gasteiger partial charge in [-0.3, -0.25) is 0 Å². The predicted molar refractivity (Wildman–Crippen MR) is 80.8 cm³/mol. The first-order valence-electron chi connectivity index (χ1n) is 6.04. The van der Waals surface area contributed by atoms with E-state index >= 15 is 0 Å². The number of esters is 1. The maximum atomic E-state index is 11.7. The van der Waals surface area contributed by atoms with E-state index in [9.17, 15) is 4.79 Å². The number of rotatable bonds is 4. The van der Waals surface area contributed by atoms with Gasteiger partial charge in [0.25, 0.3) is 0 Å². The highest BCUT2D eigenvalue weighted by Gasteiger charge is 2.16. The molecule has 0 saturated carbocycles. The number of anilines is 2. The topological polar surface area (TPSA) is 79.0 Å². The van der Waals surface area contributed by atoms with Crippen LogP contribution in [0.2, 0.25) is 0 Å². The molecular weight excluding hydrogens is 276 g/mol. The molecule has 104 valence electrons. The molecule has 2 rings (SSSR count). The van der Waals surface area contributed by atoms with E-state index < -0.39 is 5.97 Å². The van der Waals surface area contributed by atoms with Gasteiger partial charge in [0.15, 0.2) is 16.6 Å². The first-order chi connectivity index (χ1) is 9.70. The van der Waals surface area contributed by atoms with Crippen molar-refractivity contribution in [3.63, 3.8) is 0 Å². The second-order valence-electron chi connectivity index (χ2n) is 3.79. The van der Waals surface area contributed by atoms with E-state index in [0.717, 1.165) is 5.69 Å². The van der Waals surface area contributed by atoms with Gasteiger partial charge >= 0.3 is 5.97 Å². The Balaban J connectivity index is 2.02. The molecule has 1 aromatic carbocycles. The van der Waals surface area contributed by atoms with Gasteiger partial charge in [-0.2, -0.15) is 0 Å². The number of carbonyl (C=O) groups excluding carboxylic acids is 1. The summed E-state index contributed by atoms with van der Waals surface area (Å²) < 4.78 is 4.91. The van der Waals surface area contributed by atoms with Gasteiger partial charge in [0.2, 0.25) is 0 Å². The third kappa shape index (κ3) is 3.55. The van der Waals surface area contributed by atoms with Crippen LogP contribution < -0.4 is 10.6 Å². The summed E-state index contributed by atoms with van der Waals surface area (Å²) in [5.41, 5.74) is 1.09. The van der Waals surface area contributed by atoms with E-state index in [1.54, 1.807) is 6.92 Å². The molecule has 0 unspecified atom stereocenters. The standard InChI is InChI=1S/C13H14N4O2S/c1-2-19-12(18)10-11(15-8-14-10)17-13(20)16-9-6-4-3-5-7-9/h3-8H,2H2,1H3,(H,14,15)(H2,16,17,20). The lowest BCUT2D eigenvalue weighted by Gasteiger charge is -2.09. The Labute approximate surface area is 121 Å². The Morgan fingerprint density at radius 1 is 1.35 bits per heavy atom. The summed E-state index contributed by atoms with van der Waals surface area (Å²) in [5, 5.41) is 6.19. The van der Waals surface area contributed by atoms with Crippen LogP contribution in [0.15, 0.2) is 36.7 Å². The number of hydrogen-bond donors (Lipinski definition) is 3. The molecule has 0 bridgehead atoms. The molecule has 0 saturated heterocycles. The Bertz CT molecular complexity index is 597. The molecule has 0 fully saturated rings. The molecule has 3 N–H and O–H groups in total. The molecule has 0 amide bonds. The van der Waals surface area contributed by atoms with Crippen LogP contribution in [0.25, 0.3) is 0 Å². The van der Waals surface area contributed by atoms with E-state index in [2.05, 4.69) is 20.6 Å². The van der Waals surface area contributed by atoms with Gasteiger partial charge in [-0.1, -0.05) is 18.2 Å². The minimum Gasteiger partial charge on any atom is -0.461 e. The Morgan fingerprint density at radius 3 is 2.80 bits per heavy atom. The molecule has 6 nitrogen and oxygen atoms in total. The summed E-state index contributed by atoms with van der Waals surface area (Å²) >= 11 is 5.17. The summed E-state index contributed by atoms with van der Waals surface area (Å²) in [6.45, 7) is 2.03. The zero-order valence-electron chi connectivity index (χ0n) is 10.8. The van der Waals surface area contributed by atoms with Gasteiger partial charge in [-0.25, -0.2) is 9.78 Å². The van der Waals surface area contributed by atoms with Gasteiger partial charge in [-0.15, -0.1) is 0 Å². The fourth-order valence-electron chi connectivity index (χ4n) is 1.54. The molecule has 0 aliphatic carbocycles. The van der Waals surface area contributed by atoms with Crippen LogP contribution >= 0.6 is 12.2 Å². The van der Waals surface area contributed by atoms with E-state index in [4.69, 9.17) is 17.0 Å². The number of ether oxygens (including phenoxy) is 1. The number of aromatic nitrogens is 2. The minimum absolute atomic E-state index is 0.240. The zero-order chi connectivity index (χ0) is 14.4. The van der Waals surface area contributed by atoms with Crippen molar-refractivity contribution in [2.75, 3.05) is 17.2 Å². The van der Waals surface area contributed by atoms with Crippen molar-refractivity contribution in [2.24, 2.45) is 0 Å². The molecule has 0 atom stereocenters. The van der Waals surface area contributed by atoms with E-state index in [1.165, 1.54) is 6.33 Å². The largest absolute Gasteiger partial charge is 0.461 e. The lowest BCUT2D eigenvalue weighted by molar-refractivity contribution is 0.0521. The molecule has 0 spiro atoms. The van der Waals surface area contributed by atoms with Crippen molar-refractivity contribution in [1.82, 2.24) is 9.97 Å². The number of benzene rings is 1. The molecule has 20 heavy (non-hydrogen) atoms. The molecular formula is C13H14N4O2S. The maximum Gasteiger partial charge on any atom is 0.358 e. The number of para-hydroxylation sites is 1. The summed E-state index contributed by atoms with van der Waals surface area (Å²) in [7, 11) is 0. The Hall–Kier alpha value is -2.41. The van der Waals surface area contributed by atoms with Crippen molar-refractivity contribution < 1.29 is 9.53 Å². The van der Waals surface area contributed by atoms with Crippen molar-refractivity contribution in [3.05, 3.63) is 42.4 Å². The number of imidazole rings is 1. The highest BCUT2D eigenvalue weighted by atomic mass is 32.1. The predicted octanol–water partition coefficient (Wildman–Crippen LogP) is 2.40. The smallest absolute Gasteiger partial charge is 0.358 e. The molecule has 0 aliphatic heterocycles. The Kier molecular flexibility index (Phi) is 4.67. The SMILES string of the molecule is CCOC(=O)c1[nH]cnc1NC(=S)Nc1ccccc1. The molecule has 1 aromatic heterocycles. The van der Waals surface area contributed by atoms with Crippen molar-refractivity contribution in [3.8, 4) is 0 Å². The normalized spacial score (nSPS) is 9.85. The molecule has 7 heteroatoms. The number of carbonyl (C=O) groups is 1. The lowest BCUT2D eigenvalue weighted by Crippen LogP contribution is -2.21. The van der Waals surface area contributed by atoms with Gasteiger partial charge in [0, 0.05) is 5.69 Å². The summed E-state index contributed by atoms with van der Waals surface area (Å²) in [6, 6.07) is 9.46. The van der Waals surface area contributed by atoms with Crippen LogP contribution in [-0.4, -0.2) is 27.7 Å². The highest BCUT2D eigenvalue weighted by molar-refractivity contribution is 7.80. The van der Waals surface area contributed by atoms with Crippen LogP contribution in [0.5, 0.6) is 0 Å². The molecule has 1 heterocycles. The van der Waals surface area contributed by atoms with Gasteiger partial charge in [0.05, 0.1) is 12.9 Å². The summed E-state index contributed by atoms with van der Waals surface area (Å²) in [4.78, 5) is 18.4.